The van der Waals surface area contributed by atoms with Gasteiger partial charge in [0.15, 0.2) is 11.2 Å². The van der Waals surface area contributed by atoms with Crippen LogP contribution < -0.4 is 0 Å². The lowest BCUT2D eigenvalue weighted by Crippen LogP contribution is -2.06. The third-order valence-corrected chi connectivity index (χ3v) is 6.14. The van der Waals surface area contributed by atoms with Crippen LogP contribution in [0.3, 0.4) is 0 Å². The molecule has 0 fully saturated rings. The molecule has 0 saturated heterocycles. The van der Waals surface area contributed by atoms with Crippen molar-refractivity contribution in [2.24, 2.45) is 0 Å². The first kappa shape index (κ1) is 18.5. The van der Waals surface area contributed by atoms with Crippen molar-refractivity contribution in [3.05, 3.63) is 71.4 Å². The van der Waals surface area contributed by atoms with E-state index in [4.69, 9.17) is 9.72 Å². The molecule has 0 atom stereocenters. The van der Waals surface area contributed by atoms with Crippen LogP contribution in [0, 0.1) is 0 Å². The van der Waals surface area contributed by atoms with Crippen LogP contribution in [0.2, 0.25) is 0 Å². The average Bonchev–Trinajstić information content (AvgIpc) is 3.28. The second-order valence-corrected chi connectivity index (χ2v) is 8.08. The van der Waals surface area contributed by atoms with E-state index >= 15 is 0 Å². The average molecular weight is 414 g/mol. The summed E-state index contributed by atoms with van der Waals surface area (Å²) in [6.45, 7) is 2.13. The van der Waals surface area contributed by atoms with E-state index < -0.39 is 0 Å². The molecule has 0 aliphatic rings. The maximum absolute atomic E-state index is 12.1. The van der Waals surface area contributed by atoms with E-state index in [1.165, 1.54) is 11.3 Å². The number of thiazole rings is 1. The molecule has 0 bridgehead atoms. The molecule has 0 N–H and O–H groups in total. The minimum Gasteiger partial charge on any atom is -0.466 e. The van der Waals surface area contributed by atoms with Crippen LogP contribution in [-0.2, 0) is 16.0 Å². The van der Waals surface area contributed by atoms with Crippen molar-refractivity contribution in [3.63, 3.8) is 0 Å². The fourth-order valence-electron chi connectivity index (χ4n) is 3.91. The van der Waals surface area contributed by atoms with Gasteiger partial charge in [0.05, 0.1) is 13.0 Å². The first-order valence-corrected chi connectivity index (χ1v) is 10.5. The van der Waals surface area contributed by atoms with Gasteiger partial charge in [-0.2, -0.15) is 0 Å². The summed E-state index contributed by atoms with van der Waals surface area (Å²) < 4.78 is 6.81. The summed E-state index contributed by atoms with van der Waals surface area (Å²) in [7, 11) is 0. The minimum absolute atomic E-state index is 0.173. The van der Waals surface area contributed by atoms with Gasteiger partial charge in [-0.05, 0) is 34.5 Å². The van der Waals surface area contributed by atoms with Crippen LogP contribution >= 0.6 is 11.3 Å². The molecule has 6 heteroatoms. The van der Waals surface area contributed by atoms with Crippen LogP contribution in [0.4, 0.5) is 0 Å². The van der Waals surface area contributed by atoms with Crippen molar-refractivity contribution in [1.29, 1.82) is 0 Å². The first-order chi connectivity index (χ1) is 14.7. The smallest absolute Gasteiger partial charge is 0.311 e. The highest BCUT2D eigenvalue weighted by Crippen LogP contribution is 2.38. The highest BCUT2D eigenvalue weighted by atomic mass is 32.1. The van der Waals surface area contributed by atoms with Gasteiger partial charge in [-0.15, -0.1) is 11.3 Å². The number of benzene rings is 3. The Morgan fingerprint density at radius 3 is 2.40 bits per heavy atom. The van der Waals surface area contributed by atoms with Crippen LogP contribution in [0.1, 0.15) is 22.3 Å². The fourth-order valence-corrected chi connectivity index (χ4v) is 4.88. The highest BCUT2D eigenvalue weighted by molar-refractivity contribution is 7.17. The Bertz CT molecular complexity index is 1380. The predicted molar refractivity (Wildman–Crippen MR) is 119 cm³/mol. The third-order valence-electron chi connectivity index (χ3n) is 5.15. The molecular weight excluding hydrogens is 396 g/mol. The van der Waals surface area contributed by atoms with Crippen LogP contribution in [0.15, 0.2) is 60.8 Å². The van der Waals surface area contributed by atoms with Crippen molar-refractivity contribution in [3.8, 4) is 11.3 Å². The van der Waals surface area contributed by atoms with E-state index in [1.54, 1.807) is 11.3 Å². The molecule has 0 aliphatic heterocycles. The largest absolute Gasteiger partial charge is 0.466 e. The molecule has 5 rings (SSSR count). The van der Waals surface area contributed by atoms with Gasteiger partial charge in [0.25, 0.3) is 0 Å². The van der Waals surface area contributed by atoms with Gasteiger partial charge in [-0.25, -0.2) is 4.98 Å². The molecule has 148 valence electrons. The van der Waals surface area contributed by atoms with Crippen LogP contribution in [0.25, 0.3) is 37.8 Å². The summed E-state index contributed by atoms with van der Waals surface area (Å²) in [5.74, 6) is -0.282. The van der Waals surface area contributed by atoms with Crippen molar-refractivity contribution in [1.82, 2.24) is 9.38 Å². The number of aldehydes is 1. The van der Waals surface area contributed by atoms with Crippen molar-refractivity contribution in [2.75, 3.05) is 6.61 Å². The molecule has 5 nitrogen and oxygen atoms in total. The number of esters is 1. The summed E-state index contributed by atoms with van der Waals surface area (Å²) >= 11 is 1.40. The van der Waals surface area contributed by atoms with E-state index in [9.17, 15) is 9.59 Å². The lowest BCUT2D eigenvalue weighted by Gasteiger charge is -2.10. The maximum Gasteiger partial charge on any atom is 0.311 e. The summed E-state index contributed by atoms with van der Waals surface area (Å²) in [5, 5.41) is 4.30. The number of rotatable bonds is 5. The van der Waals surface area contributed by atoms with Crippen molar-refractivity contribution < 1.29 is 14.3 Å². The molecule has 0 spiro atoms. The quantitative estimate of drug-likeness (QED) is 0.223. The molecular formula is C24H18N2O3S. The third kappa shape index (κ3) is 2.97. The predicted octanol–water partition coefficient (Wildman–Crippen LogP) is 5.29. The lowest BCUT2D eigenvalue weighted by molar-refractivity contribution is -0.142. The number of nitrogens with zero attached hydrogens (tertiary/aromatic N) is 2. The van der Waals surface area contributed by atoms with Gasteiger partial charge in [-0.3, -0.25) is 14.0 Å². The SMILES string of the molecule is CCOC(=O)Cc1cn2c(C=O)c(-c3c4ccccc4cc4ccccc34)nc2s1. The summed E-state index contributed by atoms with van der Waals surface area (Å²) in [6.07, 6.45) is 2.82. The molecule has 30 heavy (non-hydrogen) atoms. The number of hydrogen-bond acceptors (Lipinski definition) is 5. The van der Waals surface area contributed by atoms with E-state index in [0.29, 0.717) is 23.0 Å². The Morgan fingerprint density at radius 2 is 1.77 bits per heavy atom. The zero-order chi connectivity index (χ0) is 20.7. The number of imidazole rings is 1. The number of aromatic nitrogens is 2. The minimum atomic E-state index is -0.282. The topological polar surface area (TPSA) is 60.7 Å². The van der Waals surface area contributed by atoms with Gasteiger partial charge in [0.2, 0.25) is 0 Å². The standard InChI is InChI=1S/C24H18N2O3S/c1-2-29-21(28)12-17-13-26-20(14-27)23(25-24(26)30-17)22-18-9-5-3-7-15(18)11-16-8-4-6-10-19(16)22/h3-11,13-14H,2,12H2,1H3. The number of ether oxygens (including phenoxy) is 1. The molecule has 5 aromatic rings. The van der Waals surface area contributed by atoms with Crippen LogP contribution in [0.5, 0.6) is 0 Å². The molecule has 2 heterocycles. The Morgan fingerprint density at radius 1 is 1.10 bits per heavy atom. The molecule has 0 amide bonds. The summed E-state index contributed by atoms with van der Waals surface area (Å²) in [6, 6.07) is 18.4. The zero-order valence-electron chi connectivity index (χ0n) is 16.3. The molecule has 3 aromatic carbocycles. The summed E-state index contributed by atoms with van der Waals surface area (Å²) in [4.78, 5) is 30.3. The fraction of sp³-hybridized carbons (Fsp3) is 0.125. The Kier molecular flexibility index (Phi) is 4.56. The lowest BCUT2D eigenvalue weighted by atomic mass is 9.94. The highest BCUT2D eigenvalue weighted by Gasteiger charge is 2.21. The Hall–Kier alpha value is -3.51. The Labute approximate surface area is 176 Å². The number of hydrogen-bond donors (Lipinski definition) is 0. The molecule has 0 saturated carbocycles. The molecule has 0 radical (unpaired) electrons. The van der Waals surface area contributed by atoms with Crippen LogP contribution in [-0.4, -0.2) is 28.2 Å². The monoisotopic (exact) mass is 414 g/mol. The van der Waals surface area contributed by atoms with Gasteiger partial charge in [0.1, 0.15) is 11.4 Å². The summed E-state index contributed by atoms with van der Waals surface area (Å²) in [5.41, 5.74) is 2.10. The normalized spacial score (nSPS) is 11.4. The number of carbonyl (C=O) groups is 2. The zero-order valence-corrected chi connectivity index (χ0v) is 17.1. The molecule has 0 unspecified atom stereocenters. The maximum atomic E-state index is 12.1. The van der Waals surface area contributed by atoms with Gasteiger partial charge < -0.3 is 4.74 Å². The number of carbonyl (C=O) groups excluding carboxylic acids is 2. The molecule has 0 aliphatic carbocycles. The van der Waals surface area contributed by atoms with E-state index in [-0.39, 0.29) is 12.4 Å². The van der Waals surface area contributed by atoms with Gasteiger partial charge in [-0.1, -0.05) is 48.5 Å². The van der Waals surface area contributed by atoms with E-state index in [2.05, 4.69) is 30.3 Å². The number of fused-ring (bicyclic) bond motifs is 3. The van der Waals surface area contributed by atoms with Crippen molar-refractivity contribution in [2.45, 2.75) is 13.3 Å². The van der Waals surface area contributed by atoms with E-state index in [1.807, 2.05) is 30.5 Å². The van der Waals surface area contributed by atoms with E-state index in [0.717, 1.165) is 38.3 Å². The first-order valence-electron chi connectivity index (χ1n) is 9.72. The van der Waals surface area contributed by atoms with Crippen molar-refractivity contribution >= 4 is 50.1 Å². The molecule has 2 aromatic heterocycles. The Balaban J connectivity index is 1.75. The second kappa shape index (κ2) is 7.39. The van der Waals surface area contributed by atoms with Gasteiger partial charge >= 0.3 is 5.97 Å². The van der Waals surface area contributed by atoms with Gasteiger partial charge in [0, 0.05) is 16.6 Å². The second-order valence-electron chi connectivity index (χ2n) is 6.99.